The van der Waals surface area contributed by atoms with Crippen molar-refractivity contribution >= 4 is 5.78 Å². The van der Waals surface area contributed by atoms with E-state index in [1.165, 1.54) is 5.56 Å². The van der Waals surface area contributed by atoms with Gasteiger partial charge in [0.2, 0.25) is 0 Å². The monoisotopic (exact) mass is 172 g/mol. The molecule has 1 heteroatoms. The van der Waals surface area contributed by atoms with Gasteiger partial charge in [0.05, 0.1) is 0 Å². The molecule has 66 valence electrons. The largest absolute Gasteiger partial charge is 0.294 e. The van der Waals surface area contributed by atoms with Crippen LogP contribution in [0.2, 0.25) is 0 Å². The van der Waals surface area contributed by atoms with E-state index in [-0.39, 0.29) is 5.78 Å². The van der Waals surface area contributed by atoms with Gasteiger partial charge in [-0.15, -0.1) is 6.58 Å². The van der Waals surface area contributed by atoms with Gasteiger partial charge in [0.1, 0.15) is 0 Å². The van der Waals surface area contributed by atoms with Crippen LogP contribution in [0.4, 0.5) is 0 Å². The number of hydrogen-bond acceptors (Lipinski definition) is 1. The van der Waals surface area contributed by atoms with E-state index in [0.717, 1.165) is 12.0 Å². The molecule has 0 radical (unpaired) electrons. The molecule has 13 heavy (non-hydrogen) atoms. The molecule has 0 spiro atoms. The van der Waals surface area contributed by atoms with Crippen LogP contribution in [0.3, 0.4) is 0 Å². The van der Waals surface area contributed by atoms with E-state index >= 15 is 0 Å². The van der Waals surface area contributed by atoms with E-state index in [0.29, 0.717) is 12.3 Å². The lowest BCUT2D eigenvalue weighted by Gasteiger charge is -2.05. The predicted octanol–water partition coefficient (Wildman–Crippen LogP) is 2.93. The average molecular weight is 172 g/mol. The quantitative estimate of drug-likeness (QED) is 0.627. The van der Waals surface area contributed by atoms with Crippen LogP contribution in [0, 0.1) is 0 Å². The van der Waals surface area contributed by atoms with Crippen molar-refractivity contribution in [2.45, 2.75) is 18.8 Å². The van der Waals surface area contributed by atoms with Crippen molar-refractivity contribution in [3.8, 4) is 0 Å². The molecule has 0 aliphatic heterocycles. The fourth-order valence-corrected chi connectivity index (χ4v) is 1.96. The molecule has 1 unspecified atom stereocenters. The Kier molecular flexibility index (Phi) is 2.01. The Balaban J connectivity index is 2.41. The minimum atomic E-state index is 0.280. The number of ketones is 1. The van der Waals surface area contributed by atoms with Crippen LogP contribution in [0.25, 0.3) is 0 Å². The van der Waals surface area contributed by atoms with Gasteiger partial charge < -0.3 is 0 Å². The lowest BCUT2D eigenvalue weighted by molar-refractivity contribution is 0.0989. The second-order valence-electron chi connectivity index (χ2n) is 3.44. The number of rotatable bonds is 2. The van der Waals surface area contributed by atoms with Crippen LogP contribution in [0.1, 0.15) is 34.7 Å². The number of fused-ring (bicyclic) bond motifs is 1. The fraction of sp³-hybridized carbons (Fsp3) is 0.250. The second kappa shape index (κ2) is 3.17. The highest BCUT2D eigenvalue weighted by Crippen LogP contribution is 2.35. The third-order valence-electron chi connectivity index (χ3n) is 2.58. The zero-order valence-electron chi connectivity index (χ0n) is 7.49. The number of Topliss-reactive ketones (excluding diaryl/α,β-unsaturated/α-hetero) is 1. The molecule has 1 aromatic carbocycles. The molecule has 2 rings (SSSR count). The molecule has 0 saturated heterocycles. The highest BCUT2D eigenvalue weighted by atomic mass is 16.1. The Morgan fingerprint density at radius 1 is 1.46 bits per heavy atom. The molecule has 1 aliphatic carbocycles. The van der Waals surface area contributed by atoms with E-state index in [1.807, 2.05) is 24.3 Å². The summed E-state index contributed by atoms with van der Waals surface area (Å²) < 4.78 is 0. The van der Waals surface area contributed by atoms with E-state index in [9.17, 15) is 4.79 Å². The molecule has 0 bridgehead atoms. The first-order valence-corrected chi connectivity index (χ1v) is 4.56. The highest BCUT2D eigenvalue weighted by molar-refractivity contribution is 6.01. The summed E-state index contributed by atoms with van der Waals surface area (Å²) in [5.41, 5.74) is 2.11. The van der Waals surface area contributed by atoms with Crippen LogP contribution >= 0.6 is 0 Å². The topological polar surface area (TPSA) is 17.1 Å². The number of carbonyl (C=O) groups excluding carboxylic acids is 1. The first kappa shape index (κ1) is 8.24. The summed E-state index contributed by atoms with van der Waals surface area (Å²) in [6, 6.07) is 7.88. The number of allylic oxidation sites excluding steroid dienone is 1. The van der Waals surface area contributed by atoms with Gasteiger partial charge in [0.15, 0.2) is 5.78 Å². The summed E-state index contributed by atoms with van der Waals surface area (Å²) in [6.45, 7) is 3.71. The zero-order valence-corrected chi connectivity index (χ0v) is 7.49. The van der Waals surface area contributed by atoms with Crippen LogP contribution in [0.5, 0.6) is 0 Å². The van der Waals surface area contributed by atoms with Crippen LogP contribution < -0.4 is 0 Å². The Labute approximate surface area is 78.1 Å². The Morgan fingerprint density at radius 2 is 2.23 bits per heavy atom. The molecule has 0 heterocycles. The first-order valence-electron chi connectivity index (χ1n) is 4.56. The van der Waals surface area contributed by atoms with Crippen LogP contribution in [-0.4, -0.2) is 5.78 Å². The van der Waals surface area contributed by atoms with Crippen molar-refractivity contribution in [2.24, 2.45) is 0 Å². The predicted molar refractivity (Wildman–Crippen MR) is 52.9 cm³/mol. The molecule has 1 aromatic rings. The summed E-state index contributed by atoms with van der Waals surface area (Å²) in [5, 5.41) is 0. The average Bonchev–Trinajstić information content (AvgIpc) is 2.46. The number of hydrogen-bond donors (Lipinski definition) is 0. The van der Waals surface area contributed by atoms with Crippen molar-refractivity contribution in [2.75, 3.05) is 0 Å². The van der Waals surface area contributed by atoms with Crippen molar-refractivity contribution in [3.05, 3.63) is 48.0 Å². The lowest BCUT2D eigenvalue weighted by atomic mass is 9.98. The molecular weight excluding hydrogens is 160 g/mol. The first-order chi connectivity index (χ1) is 6.33. The lowest BCUT2D eigenvalue weighted by Crippen LogP contribution is -1.91. The summed E-state index contributed by atoms with van der Waals surface area (Å²) in [4.78, 5) is 11.5. The zero-order chi connectivity index (χ0) is 9.26. The van der Waals surface area contributed by atoms with Gasteiger partial charge in [-0.05, 0) is 17.9 Å². The van der Waals surface area contributed by atoms with Gasteiger partial charge in [-0.25, -0.2) is 0 Å². The van der Waals surface area contributed by atoms with E-state index < -0.39 is 0 Å². The summed E-state index contributed by atoms with van der Waals surface area (Å²) >= 11 is 0. The summed E-state index contributed by atoms with van der Waals surface area (Å²) in [5.74, 6) is 0.656. The van der Waals surface area contributed by atoms with E-state index in [4.69, 9.17) is 0 Å². The molecule has 1 aliphatic rings. The van der Waals surface area contributed by atoms with E-state index in [1.54, 1.807) is 0 Å². The number of benzene rings is 1. The molecule has 0 N–H and O–H groups in total. The molecular formula is C12H12O. The smallest absolute Gasteiger partial charge is 0.163 e. The van der Waals surface area contributed by atoms with Gasteiger partial charge in [0, 0.05) is 12.0 Å². The third kappa shape index (κ3) is 1.31. The Hall–Kier alpha value is -1.37. The summed E-state index contributed by atoms with van der Waals surface area (Å²) in [7, 11) is 0. The van der Waals surface area contributed by atoms with Crippen molar-refractivity contribution in [1.29, 1.82) is 0 Å². The van der Waals surface area contributed by atoms with Crippen molar-refractivity contribution < 1.29 is 4.79 Å². The molecule has 0 aromatic heterocycles. The van der Waals surface area contributed by atoms with Crippen LogP contribution in [0.15, 0.2) is 36.9 Å². The minimum absolute atomic E-state index is 0.280. The maximum absolute atomic E-state index is 11.5. The van der Waals surface area contributed by atoms with Crippen molar-refractivity contribution in [1.82, 2.24) is 0 Å². The molecule has 0 amide bonds. The normalized spacial score (nSPS) is 20.0. The minimum Gasteiger partial charge on any atom is -0.294 e. The SMILES string of the molecule is C=CCC1CC(=O)c2ccccc21. The van der Waals surface area contributed by atoms with Gasteiger partial charge in [-0.2, -0.15) is 0 Å². The van der Waals surface area contributed by atoms with Gasteiger partial charge >= 0.3 is 0 Å². The molecule has 1 atom stereocenters. The molecule has 0 fully saturated rings. The van der Waals surface area contributed by atoms with Gasteiger partial charge in [-0.1, -0.05) is 30.3 Å². The standard InChI is InChI=1S/C12H12O/c1-2-5-9-8-12(13)11-7-4-3-6-10(9)11/h2-4,6-7,9H,1,5,8H2. The third-order valence-corrected chi connectivity index (χ3v) is 2.58. The van der Waals surface area contributed by atoms with Gasteiger partial charge in [0.25, 0.3) is 0 Å². The summed E-state index contributed by atoms with van der Waals surface area (Å²) in [6.07, 6.45) is 3.45. The second-order valence-corrected chi connectivity index (χ2v) is 3.44. The maximum Gasteiger partial charge on any atom is 0.163 e. The highest BCUT2D eigenvalue weighted by Gasteiger charge is 2.27. The van der Waals surface area contributed by atoms with E-state index in [2.05, 4.69) is 12.6 Å². The van der Waals surface area contributed by atoms with Crippen molar-refractivity contribution in [3.63, 3.8) is 0 Å². The Bertz CT molecular complexity index is 352. The van der Waals surface area contributed by atoms with Gasteiger partial charge in [-0.3, -0.25) is 4.79 Å². The molecule has 1 nitrogen and oxygen atoms in total. The van der Waals surface area contributed by atoms with Crippen LogP contribution in [-0.2, 0) is 0 Å². The Morgan fingerprint density at radius 3 is 3.00 bits per heavy atom. The molecule has 0 saturated carbocycles. The fourth-order valence-electron chi connectivity index (χ4n) is 1.96. The number of carbonyl (C=O) groups is 1. The maximum atomic E-state index is 11.5.